The van der Waals surface area contributed by atoms with Crippen LogP contribution in [-0.2, 0) is 27.7 Å². The van der Waals surface area contributed by atoms with E-state index in [0.29, 0.717) is 0 Å². The fourth-order valence-corrected chi connectivity index (χ4v) is 4.27. The Bertz CT molecular complexity index is 885. The molecular formula is C21H28N2O3S. The number of rotatable bonds is 8. The fraction of sp³-hybridized carbons (Fsp3) is 0.381. The lowest BCUT2D eigenvalue weighted by atomic mass is 10.0. The van der Waals surface area contributed by atoms with E-state index in [1.807, 2.05) is 31.2 Å². The quantitative estimate of drug-likeness (QED) is 0.753. The summed E-state index contributed by atoms with van der Waals surface area (Å²) in [5.74, 6) is -0.0969. The molecule has 1 N–H and O–H groups in total. The number of para-hydroxylation sites is 1. The molecule has 0 heterocycles. The number of anilines is 1. The summed E-state index contributed by atoms with van der Waals surface area (Å²) in [5.41, 5.74) is 3.97. The predicted octanol–water partition coefficient (Wildman–Crippen LogP) is 3.45. The van der Waals surface area contributed by atoms with Gasteiger partial charge in [-0.1, -0.05) is 44.2 Å². The van der Waals surface area contributed by atoms with Crippen molar-refractivity contribution in [2.45, 2.75) is 45.4 Å². The number of benzene rings is 2. The van der Waals surface area contributed by atoms with E-state index < -0.39 is 10.0 Å². The second-order valence-corrected chi connectivity index (χ2v) is 8.28. The first-order chi connectivity index (χ1) is 12.8. The molecule has 2 aromatic carbocycles. The number of nitrogens with zero attached hydrogens (tertiary/aromatic N) is 1. The SMILES string of the molecule is CCc1cccc(CC)c1N(CCNS(=O)(=O)c1cccc(C)c1)C(C)=O. The van der Waals surface area contributed by atoms with Gasteiger partial charge in [0.05, 0.1) is 10.6 Å². The number of sulfonamides is 1. The average molecular weight is 389 g/mol. The van der Waals surface area contributed by atoms with Crippen LogP contribution in [0.15, 0.2) is 47.4 Å². The first-order valence-corrected chi connectivity index (χ1v) is 10.7. The van der Waals surface area contributed by atoms with Crippen LogP contribution in [0.5, 0.6) is 0 Å². The van der Waals surface area contributed by atoms with Crippen LogP contribution in [0.2, 0.25) is 0 Å². The van der Waals surface area contributed by atoms with Gasteiger partial charge in [0.25, 0.3) is 0 Å². The van der Waals surface area contributed by atoms with Gasteiger partial charge in [0.15, 0.2) is 0 Å². The lowest BCUT2D eigenvalue weighted by molar-refractivity contribution is -0.116. The van der Waals surface area contributed by atoms with Gasteiger partial charge in [-0.2, -0.15) is 0 Å². The second kappa shape index (κ2) is 9.15. The monoisotopic (exact) mass is 388 g/mol. The van der Waals surface area contributed by atoms with Crippen LogP contribution >= 0.6 is 0 Å². The van der Waals surface area contributed by atoms with E-state index in [4.69, 9.17) is 0 Å². The molecule has 146 valence electrons. The van der Waals surface area contributed by atoms with Crippen molar-refractivity contribution in [3.05, 3.63) is 59.2 Å². The van der Waals surface area contributed by atoms with Gasteiger partial charge < -0.3 is 4.90 Å². The van der Waals surface area contributed by atoms with Crippen molar-refractivity contribution in [3.63, 3.8) is 0 Å². The maximum absolute atomic E-state index is 12.5. The third-order valence-corrected chi connectivity index (χ3v) is 6.00. The van der Waals surface area contributed by atoms with Gasteiger partial charge in [0.2, 0.25) is 15.9 Å². The molecule has 6 heteroatoms. The zero-order valence-corrected chi connectivity index (χ0v) is 17.3. The Balaban J connectivity index is 2.20. The van der Waals surface area contributed by atoms with Crippen molar-refractivity contribution in [2.75, 3.05) is 18.0 Å². The maximum Gasteiger partial charge on any atom is 0.240 e. The molecular weight excluding hydrogens is 360 g/mol. The molecule has 0 saturated heterocycles. The summed E-state index contributed by atoms with van der Waals surface area (Å²) in [4.78, 5) is 14.2. The Labute approximate surface area is 162 Å². The van der Waals surface area contributed by atoms with Crippen molar-refractivity contribution in [1.29, 1.82) is 0 Å². The van der Waals surface area contributed by atoms with Crippen molar-refractivity contribution in [3.8, 4) is 0 Å². The van der Waals surface area contributed by atoms with Gasteiger partial charge in [0.1, 0.15) is 0 Å². The topological polar surface area (TPSA) is 66.5 Å². The molecule has 0 aliphatic rings. The van der Waals surface area contributed by atoms with Gasteiger partial charge in [-0.15, -0.1) is 0 Å². The molecule has 0 unspecified atom stereocenters. The minimum atomic E-state index is -3.61. The predicted molar refractivity (Wildman–Crippen MR) is 110 cm³/mol. The second-order valence-electron chi connectivity index (χ2n) is 6.52. The number of amides is 1. The molecule has 0 radical (unpaired) electrons. The first kappa shape index (κ1) is 21.1. The Hall–Kier alpha value is -2.18. The van der Waals surface area contributed by atoms with Crippen LogP contribution in [0.3, 0.4) is 0 Å². The molecule has 0 aromatic heterocycles. The summed E-state index contributed by atoms with van der Waals surface area (Å²) in [5, 5.41) is 0. The molecule has 0 spiro atoms. The van der Waals surface area contributed by atoms with E-state index in [-0.39, 0.29) is 23.9 Å². The van der Waals surface area contributed by atoms with Crippen molar-refractivity contribution >= 4 is 21.6 Å². The third kappa shape index (κ3) is 5.17. The number of aryl methyl sites for hydroxylation is 3. The summed E-state index contributed by atoms with van der Waals surface area (Å²) in [6.07, 6.45) is 1.62. The summed E-state index contributed by atoms with van der Waals surface area (Å²) >= 11 is 0. The lowest BCUT2D eigenvalue weighted by Crippen LogP contribution is -2.38. The molecule has 27 heavy (non-hydrogen) atoms. The van der Waals surface area contributed by atoms with Gasteiger partial charge in [0, 0.05) is 20.0 Å². The first-order valence-electron chi connectivity index (χ1n) is 9.25. The van der Waals surface area contributed by atoms with Crippen molar-refractivity contribution in [2.24, 2.45) is 0 Å². The normalized spacial score (nSPS) is 11.4. The number of nitrogens with one attached hydrogen (secondary N) is 1. The largest absolute Gasteiger partial charge is 0.311 e. The average Bonchev–Trinajstić information content (AvgIpc) is 2.64. The minimum absolute atomic E-state index is 0.0969. The van der Waals surface area contributed by atoms with E-state index in [9.17, 15) is 13.2 Å². The van der Waals surface area contributed by atoms with Gasteiger partial charge in [-0.05, 0) is 48.6 Å². The molecule has 2 aromatic rings. The zero-order chi connectivity index (χ0) is 20.0. The minimum Gasteiger partial charge on any atom is -0.311 e. The summed E-state index contributed by atoms with van der Waals surface area (Å²) in [6, 6.07) is 12.8. The van der Waals surface area contributed by atoms with Crippen molar-refractivity contribution in [1.82, 2.24) is 4.72 Å². The molecule has 1 amide bonds. The van der Waals surface area contributed by atoms with E-state index in [1.165, 1.54) is 6.92 Å². The highest BCUT2D eigenvalue weighted by molar-refractivity contribution is 7.89. The number of carbonyl (C=O) groups is 1. The van der Waals surface area contributed by atoms with Crippen molar-refractivity contribution < 1.29 is 13.2 Å². The lowest BCUT2D eigenvalue weighted by Gasteiger charge is -2.26. The summed E-state index contributed by atoms with van der Waals surface area (Å²) in [6.45, 7) is 7.90. The molecule has 5 nitrogen and oxygen atoms in total. The van der Waals surface area contributed by atoms with Crippen LogP contribution in [0.25, 0.3) is 0 Å². The molecule has 0 saturated carbocycles. The van der Waals surface area contributed by atoms with Crippen LogP contribution in [0.1, 0.15) is 37.5 Å². The van der Waals surface area contributed by atoms with E-state index in [0.717, 1.165) is 35.2 Å². The van der Waals surface area contributed by atoms with Gasteiger partial charge in [-0.25, -0.2) is 13.1 Å². The van der Waals surface area contributed by atoms with E-state index in [2.05, 4.69) is 18.6 Å². The third-order valence-electron chi connectivity index (χ3n) is 4.54. The maximum atomic E-state index is 12.5. The highest BCUT2D eigenvalue weighted by Crippen LogP contribution is 2.27. The van der Waals surface area contributed by atoms with Crippen LogP contribution in [-0.4, -0.2) is 27.4 Å². The van der Waals surface area contributed by atoms with Gasteiger partial charge in [-0.3, -0.25) is 4.79 Å². The highest BCUT2D eigenvalue weighted by Gasteiger charge is 2.19. The molecule has 0 bridgehead atoms. The van der Waals surface area contributed by atoms with E-state index >= 15 is 0 Å². The summed E-state index contributed by atoms with van der Waals surface area (Å²) < 4.78 is 27.6. The Kier molecular flexibility index (Phi) is 7.16. The van der Waals surface area contributed by atoms with Crippen LogP contribution < -0.4 is 9.62 Å². The van der Waals surface area contributed by atoms with E-state index in [1.54, 1.807) is 23.1 Å². The van der Waals surface area contributed by atoms with Crippen LogP contribution in [0.4, 0.5) is 5.69 Å². The molecule has 0 fully saturated rings. The number of hydrogen-bond acceptors (Lipinski definition) is 3. The Morgan fingerprint density at radius 3 is 2.15 bits per heavy atom. The number of carbonyl (C=O) groups excluding carboxylic acids is 1. The summed E-state index contributed by atoms with van der Waals surface area (Å²) in [7, 11) is -3.61. The molecule has 0 atom stereocenters. The highest BCUT2D eigenvalue weighted by atomic mass is 32.2. The Morgan fingerprint density at radius 1 is 1.04 bits per heavy atom. The number of hydrogen-bond donors (Lipinski definition) is 1. The molecule has 0 aliphatic heterocycles. The smallest absolute Gasteiger partial charge is 0.240 e. The molecule has 0 aliphatic carbocycles. The van der Waals surface area contributed by atoms with Gasteiger partial charge >= 0.3 is 0 Å². The standard InChI is InChI=1S/C21H28N2O3S/c1-5-18-10-8-11-19(6-2)21(18)23(17(4)24)14-13-22-27(25,26)20-12-7-9-16(3)15-20/h7-12,15,22H,5-6,13-14H2,1-4H3. The zero-order valence-electron chi connectivity index (χ0n) is 16.5. The van der Waals surface area contributed by atoms with Crippen LogP contribution in [0, 0.1) is 6.92 Å². The molecule has 2 rings (SSSR count). The Morgan fingerprint density at radius 2 is 1.63 bits per heavy atom. The fourth-order valence-electron chi connectivity index (χ4n) is 3.15.